The highest BCUT2D eigenvalue weighted by Crippen LogP contribution is 2.47. The van der Waals surface area contributed by atoms with Gasteiger partial charge in [0.1, 0.15) is 0 Å². The van der Waals surface area contributed by atoms with Crippen LogP contribution in [0, 0.1) is 11.8 Å². The van der Waals surface area contributed by atoms with E-state index in [0.717, 1.165) is 16.7 Å². The molecule has 0 fully saturated rings. The molecule has 3 atom stereocenters. The Morgan fingerprint density at radius 2 is 1.62 bits per heavy atom. The highest BCUT2D eigenvalue weighted by atomic mass is 16.5. The van der Waals surface area contributed by atoms with Crippen LogP contribution in [-0.4, -0.2) is 47.9 Å². The molecule has 0 heterocycles. The van der Waals surface area contributed by atoms with Gasteiger partial charge < -0.3 is 29.9 Å². The number of phenols is 2. The maximum atomic E-state index is 10.3. The third kappa shape index (κ3) is 3.06. The Kier molecular flexibility index (Phi) is 5.25. The zero-order chi connectivity index (χ0) is 18.8. The normalized spacial score (nSPS) is 21.9. The second-order valence-corrected chi connectivity index (χ2v) is 6.63. The summed E-state index contributed by atoms with van der Waals surface area (Å²) in [6, 6.07) is 8.50. The summed E-state index contributed by atoms with van der Waals surface area (Å²) >= 11 is 0. The Labute approximate surface area is 152 Å². The van der Waals surface area contributed by atoms with E-state index in [9.17, 15) is 20.4 Å². The molecule has 2 aromatic carbocycles. The van der Waals surface area contributed by atoms with E-state index in [4.69, 9.17) is 9.47 Å². The van der Waals surface area contributed by atoms with Gasteiger partial charge in [-0.2, -0.15) is 0 Å². The van der Waals surface area contributed by atoms with Crippen LogP contribution < -0.4 is 9.47 Å². The first-order valence-corrected chi connectivity index (χ1v) is 8.52. The Bertz CT molecular complexity index is 788. The average Bonchev–Trinajstić information content (AvgIpc) is 2.66. The largest absolute Gasteiger partial charge is 0.504 e. The zero-order valence-corrected chi connectivity index (χ0v) is 14.8. The number of benzene rings is 2. The van der Waals surface area contributed by atoms with Gasteiger partial charge in [-0.1, -0.05) is 6.07 Å². The Morgan fingerprint density at radius 1 is 0.923 bits per heavy atom. The number of rotatable bonds is 5. The number of fused-ring (bicyclic) bond motifs is 1. The van der Waals surface area contributed by atoms with Gasteiger partial charge in [0.2, 0.25) is 0 Å². The summed E-state index contributed by atoms with van der Waals surface area (Å²) in [5.41, 5.74) is 2.67. The second kappa shape index (κ2) is 7.43. The number of hydrogen-bond donors (Lipinski definition) is 4. The van der Waals surface area contributed by atoms with Crippen LogP contribution >= 0.6 is 0 Å². The fourth-order valence-electron chi connectivity index (χ4n) is 3.96. The van der Waals surface area contributed by atoms with E-state index < -0.39 is 0 Å². The van der Waals surface area contributed by atoms with E-state index in [1.54, 1.807) is 30.3 Å². The zero-order valence-electron chi connectivity index (χ0n) is 14.8. The minimum atomic E-state index is -0.257. The van der Waals surface area contributed by atoms with E-state index in [0.29, 0.717) is 17.9 Å². The minimum absolute atomic E-state index is 0.0288. The quantitative estimate of drug-likeness (QED) is 0.651. The first kappa shape index (κ1) is 18.4. The van der Waals surface area contributed by atoms with E-state index in [1.165, 1.54) is 14.2 Å². The lowest BCUT2D eigenvalue weighted by Crippen LogP contribution is -2.35. The van der Waals surface area contributed by atoms with Crippen LogP contribution in [0.3, 0.4) is 0 Å². The molecule has 140 valence electrons. The van der Waals surface area contributed by atoms with Crippen LogP contribution in [0.25, 0.3) is 0 Å². The van der Waals surface area contributed by atoms with Gasteiger partial charge in [-0.25, -0.2) is 0 Å². The monoisotopic (exact) mass is 360 g/mol. The molecule has 26 heavy (non-hydrogen) atoms. The van der Waals surface area contributed by atoms with Crippen LogP contribution in [0.2, 0.25) is 0 Å². The first-order chi connectivity index (χ1) is 12.5. The molecule has 6 nitrogen and oxygen atoms in total. The van der Waals surface area contributed by atoms with Crippen molar-refractivity contribution in [2.75, 3.05) is 27.4 Å². The van der Waals surface area contributed by atoms with Crippen molar-refractivity contribution >= 4 is 0 Å². The third-order valence-corrected chi connectivity index (χ3v) is 5.30. The number of aliphatic hydroxyl groups excluding tert-OH is 2. The molecule has 0 aliphatic heterocycles. The number of methoxy groups -OCH3 is 2. The molecule has 0 spiro atoms. The number of phenolic OH excluding ortho intramolecular Hbond substituents is 2. The standard InChI is InChI=1S/C20H24O6/c1-25-18-6-11(3-4-16(18)23)20-14-8-17(24)19(26-2)7-12(14)5-13(9-21)15(20)10-22/h3-4,6-8,13,15,20-24H,5,9-10H2,1-2H3/t13?,15-,20?/m0/s1. The maximum absolute atomic E-state index is 10.3. The summed E-state index contributed by atoms with van der Waals surface area (Å²) < 4.78 is 10.4. The molecule has 2 aromatic rings. The third-order valence-electron chi connectivity index (χ3n) is 5.30. The van der Waals surface area contributed by atoms with Crippen molar-refractivity contribution in [1.82, 2.24) is 0 Å². The summed E-state index contributed by atoms with van der Waals surface area (Å²) in [7, 11) is 2.97. The smallest absolute Gasteiger partial charge is 0.160 e. The van der Waals surface area contributed by atoms with Gasteiger partial charge in [-0.15, -0.1) is 0 Å². The van der Waals surface area contributed by atoms with Gasteiger partial charge in [0.05, 0.1) is 14.2 Å². The van der Waals surface area contributed by atoms with Crippen molar-refractivity contribution in [3.05, 3.63) is 47.0 Å². The summed E-state index contributed by atoms with van der Waals surface area (Å²) in [4.78, 5) is 0. The molecule has 0 radical (unpaired) electrons. The van der Waals surface area contributed by atoms with Crippen molar-refractivity contribution in [2.24, 2.45) is 11.8 Å². The van der Waals surface area contributed by atoms with E-state index in [1.807, 2.05) is 0 Å². The molecular formula is C20H24O6. The van der Waals surface area contributed by atoms with Crippen LogP contribution in [0.1, 0.15) is 22.6 Å². The lowest BCUT2D eigenvalue weighted by molar-refractivity contribution is 0.101. The molecule has 4 N–H and O–H groups in total. The number of aromatic hydroxyl groups is 2. The SMILES string of the molecule is COc1cc(C2c3cc(O)c(OC)cc3CC(CO)[C@@H]2CO)ccc1O. The lowest BCUT2D eigenvalue weighted by Gasteiger charge is -2.38. The van der Waals surface area contributed by atoms with Crippen LogP contribution in [0.15, 0.2) is 30.3 Å². The lowest BCUT2D eigenvalue weighted by atomic mass is 9.67. The molecule has 1 aliphatic carbocycles. The number of aliphatic hydroxyl groups is 2. The molecular weight excluding hydrogens is 336 g/mol. The van der Waals surface area contributed by atoms with Gasteiger partial charge in [0.15, 0.2) is 23.0 Å². The molecule has 0 saturated heterocycles. The molecule has 1 aliphatic rings. The molecule has 0 bridgehead atoms. The Balaban J connectivity index is 2.19. The topological polar surface area (TPSA) is 99.4 Å². The predicted octanol–water partition coefficient (Wildman–Crippen LogP) is 2.02. The van der Waals surface area contributed by atoms with Gasteiger partial charge >= 0.3 is 0 Å². The van der Waals surface area contributed by atoms with Gasteiger partial charge in [0.25, 0.3) is 0 Å². The Hall–Kier alpha value is -2.44. The number of hydrogen-bond acceptors (Lipinski definition) is 6. The van der Waals surface area contributed by atoms with Gasteiger partial charge in [0, 0.05) is 19.1 Å². The summed E-state index contributed by atoms with van der Waals surface area (Å²) in [5, 5.41) is 40.0. The fourth-order valence-corrected chi connectivity index (χ4v) is 3.96. The van der Waals surface area contributed by atoms with Crippen LogP contribution in [0.5, 0.6) is 23.0 Å². The van der Waals surface area contributed by atoms with Gasteiger partial charge in [-0.05, 0) is 59.2 Å². The summed E-state index contributed by atoms with van der Waals surface area (Å²) in [6.07, 6.45) is 0.583. The minimum Gasteiger partial charge on any atom is -0.504 e. The van der Waals surface area contributed by atoms with Crippen LogP contribution in [0.4, 0.5) is 0 Å². The molecule has 2 unspecified atom stereocenters. The van der Waals surface area contributed by atoms with Crippen molar-refractivity contribution in [1.29, 1.82) is 0 Å². The van der Waals surface area contributed by atoms with Crippen LogP contribution in [-0.2, 0) is 6.42 Å². The molecule has 0 saturated carbocycles. The first-order valence-electron chi connectivity index (χ1n) is 8.52. The van der Waals surface area contributed by atoms with E-state index in [2.05, 4.69) is 0 Å². The molecule has 0 aromatic heterocycles. The summed E-state index contributed by atoms with van der Waals surface area (Å²) in [6.45, 7) is -0.162. The van der Waals surface area contributed by atoms with Crippen molar-refractivity contribution in [3.63, 3.8) is 0 Å². The highest BCUT2D eigenvalue weighted by molar-refractivity contribution is 5.53. The van der Waals surface area contributed by atoms with Crippen molar-refractivity contribution in [3.8, 4) is 23.0 Å². The predicted molar refractivity (Wildman–Crippen MR) is 96.0 cm³/mol. The maximum Gasteiger partial charge on any atom is 0.160 e. The summed E-state index contributed by atoms with van der Waals surface area (Å²) in [5.74, 6) is 0.160. The van der Waals surface area contributed by atoms with Crippen molar-refractivity contribution < 1.29 is 29.9 Å². The van der Waals surface area contributed by atoms with E-state index in [-0.39, 0.29) is 42.5 Å². The molecule has 3 rings (SSSR count). The second-order valence-electron chi connectivity index (χ2n) is 6.63. The van der Waals surface area contributed by atoms with E-state index >= 15 is 0 Å². The molecule has 6 heteroatoms. The fraction of sp³-hybridized carbons (Fsp3) is 0.400. The average molecular weight is 360 g/mol. The Morgan fingerprint density at radius 3 is 2.23 bits per heavy atom. The van der Waals surface area contributed by atoms with Gasteiger partial charge in [-0.3, -0.25) is 0 Å². The van der Waals surface area contributed by atoms with Crippen molar-refractivity contribution in [2.45, 2.75) is 12.3 Å². The highest BCUT2D eigenvalue weighted by Gasteiger charge is 2.38. The number of ether oxygens (including phenoxy) is 2. The molecule has 0 amide bonds.